The smallest absolute Gasteiger partial charge is 0.377 e. The highest BCUT2D eigenvalue weighted by Crippen LogP contribution is 2.36. The molecule has 0 atom stereocenters. The highest BCUT2D eigenvalue weighted by molar-refractivity contribution is 6.23. The van der Waals surface area contributed by atoms with Crippen LogP contribution in [-0.2, 0) is 38.6 Å². The normalized spacial score (nSPS) is 11.5. The minimum Gasteiger partial charge on any atom is -0.463 e. The topological polar surface area (TPSA) is 92.5 Å². The lowest BCUT2D eigenvalue weighted by Gasteiger charge is -2.14. The summed E-state index contributed by atoms with van der Waals surface area (Å²) >= 11 is 0. The van der Waals surface area contributed by atoms with Gasteiger partial charge in [0.25, 0.3) is 5.82 Å². The summed E-state index contributed by atoms with van der Waals surface area (Å²) in [5.74, 6) is -0.367. The van der Waals surface area contributed by atoms with Crippen LogP contribution in [0.2, 0.25) is 0 Å². The number of hydrogen-bond donors (Lipinski definition) is 0. The summed E-state index contributed by atoms with van der Waals surface area (Å²) in [4.78, 5) is 27.3. The van der Waals surface area contributed by atoms with E-state index in [-0.39, 0.29) is 31.7 Å². The van der Waals surface area contributed by atoms with Crippen molar-refractivity contribution in [2.24, 2.45) is 0 Å². The van der Waals surface area contributed by atoms with Gasteiger partial charge in [-0.05, 0) is 44.3 Å². The van der Waals surface area contributed by atoms with Crippen LogP contribution >= 0.6 is 0 Å². The van der Waals surface area contributed by atoms with Crippen LogP contribution in [-0.4, -0.2) is 47.0 Å². The first-order chi connectivity index (χ1) is 17.0. The lowest BCUT2D eigenvalue weighted by molar-refractivity contribution is -0.143. The predicted octanol–water partition coefficient (Wildman–Crippen LogP) is 4.28. The summed E-state index contributed by atoms with van der Waals surface area (Å²) < 4.78 is 16.8. The van der Waals surface area contributed by atoms with Crippen LogP contribution in [0, 0.1) is 0 Å². The van der Waals surface area contributed by atoms with E-state index in [1.165, 1.54) is 51.9 Å². The van der Waals surface area contributed by atoms with Gasteiger partial charge in [-0.3, -0.25) is 4.79 Å². The zero-order chi connectivity index (χ0) is 24.4. The van der Waals surface area contributed by atoms with Gasteiger partial charge in [0.15, 0.2) is 0 Å². The van der Waals surface area contributed by atoms with Crippen molar-refractivity contribution in [3.63, 3.8) is 0 Å². The van der Waals surface area contributed by atoms with Crippen LogP contribution in [0.3, 0.4) is 0 Å². The fourth-order valence-electron chi connectivity index (χ4n) is 4.50. The van der Waals surface area contributed by atoms with E-state index in [1.807, 2.05) is 0 Å². The molecule has 0 aliphatic carbocycles. The molecule has 0 bridgehead atoms. The second-order valence-corrected chi connectivity index (χ2v) is 8.30. The van der Waals surface area contributed by atoms with E-state index in [9.17, 15) is 9.59 Å². The van der Waals surface area contributed by atoms with Crippen molar-refractivity contribution >= 4 is 44.3 Å². The standard InChI is InChI=1S/C27H25N3O5/c1-17(31)35-15-14-34-16-30-23(28-26(29-30)27(32)33-2)13-11-18-6-7-21-9-8-19-4-3-5-20-10-12-22(18)25(21)24(19)20/h3-10,12H,11,13-16H2,1-2H3. The van der Waals surface area contributed by atoms with Crippen molar-refractivity contribution in [2.75, 3.05) is 20.3 Å². The maximum Gasteiger partial charge on any atom is 0.377 e. The molecule has 0 amide bonds. The highest BCUT2D eigenvalue weighted by atomic mass is 16.6. The number of ether oxygens (including phenoxy) is 3. The molecule has 0 fully saturated rings. The first kappa shape index (κ1) is 22.7. The van der Waals surface area contributed by atoms with E-state index >= 15 is 0 Å². The first-order valence-electron chi connectivity index (χ1n) is 11.4. The SMILES string of the molecule is COC(=O)c1nc(CCc2ccc3ccc4cccc5ccc2c3c45)n(COCCOC(C)=O)n1. The molecule has 8 heteroatoms. The third-order valence-electron chi connectivity index (χ3n) is 6.10. The Morgan fingerprint density at radius 1 is 0.886 bits per heavy atom. The van der Waals surface area contributed by atoms with E-state index in [1.54, 1.807) is 4.68 Å². The summed E-state index contributed by atoms with van der Waals surface area (Å²) in [7, 11) is 1.29. The molecular formula is C27H25N3O5. The average molecular weight is 472 g/mol. The molecule has 1 heterocycles. The summed E-state index contributed by atoms with van der Waals surface area (Å²) in [6.45, 7) is 1.78. The number of esters is 2. The van der Waals surface area contributed by atoms with Gasteiger partial charge in [0.2, 0.25) is 0 Å². The lowest BCUT2D eigenvalue weighted by Crippen LogP contribution is -2.14. The Kier molecular flexibility index (Phi) is 6.29. The van der Waals surface area contributed by atoms with Gasteiger partial charge in [0.1, 0.15) is 19.2 Å². The van der Waals surface area contributed by atoms with Gasteiger partial charge < -0.3 is 14.2 Å². The average Bonchev–Trinajstić information content (AvgIpc) is 3.28. The molecule has 0 unspecified atom stereocenters. The number of nitrogens with zero attached hydrogens (tertiary/aromatic N) is 3. The van der Waals surface area contributed by atoms with Gasteiger partial charge in [0.05, 0.1) is 13.7 Å². The zero-order valence-corrected chi connectivity index (χ0v) is 19.6. The van der Waals surface area contributed by atoms with Crippen LogP contribution in [0.1, 0.15) is 28.9 Å². The Bertz CT molecular complexity index is 1510. The Balaban J connectivity index is 1.41. The van der Waals surface area contributed by atoms with Gasteiger partial charge in [-0.15, -0.1) is 5.10 Å². The van der Waals surface area contributed by atoms with Crippen LogP contribution in [0.25, 0.3) is 32.3 Å². The quantitative estimate of drug-likeness (QED) is 0.180. The fourth-order valence-corrected chi connectivity index (χ4v) is 4.50. The summed E-state index contributed by atoms with van der Waals surface area (Å²) in [6.07, 6.45) is 1.27. The van der Waals surface area contributed by atoms with E-state index < -0.39 is 5.97 Å². The number of benzene rings is 4. The number of aromatic nitrogens is 3. The Hall–Kier alpha value is -4.04. The Morgan fingerprint density at radius 2 is 1.60 bits per heavy atom. The van der Waals surface area contributed by atoms with Gasteiger partial charge in [0, 0.05) is 13.3 Å². The van der Waals surface area contributed by atoms with Crippen molar-refractivity contribution in [3.8, 4) is 0 Å². The molecular weight excluding hydrogens is 446 g/mol. The molecule has 1 aromatic heterocycles. The zero-order valence-electron chi connectivity index (χ0n) is 19.6. The molecule has 0 aliphatic rings. The van der Waals surface area contributed by atoms with E-state index in [0.717, 1.165) is 0 Å². The van der Waals surface area contributed by atoms with Gasteiger partial charge in [-0.2, -0.15) is 0 Å². The third-order valence-corrected chi connectivity index (χ3v) is 6.10. The van der Waals surface area contributed by atoms with Crippen LogP contribution in [0.5, 0.6) is 0 Å². The van der Waals surface area contributed by atoms with Gasteiger partial charge in [-0.25, -0.2) is 14.5 Å². The molecule has 35 heavy (non-hydrogen) atoms. The number of carbonyl (C=O) groups is 2. The number of aryl methyl sites for hydroxylation is 2. The maximum absolute atomic E-state index is 12.0. The third kappa shape index (κ3) is 4.52. The van der Waals surface area contributed by atoms with Crippen molar-refractivity contribution < 1.29 is 23.8 Å². The van der Waals surface area contributed by atoms with Crippen molar-refractivity contribution in [3.05, 3.63) is 71.8 Å². The van der Waals surface area contributed by atoms with E-state index in [2.05, 4.69) is 64.7 Å². The van der Waals surface area contributed by atoms with Crippen molar-refractivity contribution in [1.29, 1.82) is 0 Å². The second kappa shape index (κ2) is 9.68. The number of rotatable bonds is 9. The number of methoxy groups -OCH3 is 1. The van der Waals surface area contributed by atoms with Gasteiger partial charge >= 0.3 is 11.9 Å². The summed E-state index contributed by atoms with van der Waals surface area (Å²) in [5.41, 5.74) is 1.20. The predicted molar refractivity (Wildman–Crippen MR) is 132 cm³/mol. The van der Waals surface area contributed by atoms with Crippen LogP contribution in [0.4, 0.5) is 0 Å². The molecule has 0 N–H and O–H groups in total. The summed E-state index contributed by atoms with van der Waals surface area (Å²) in [6, 6.07) is 19.4. The van der Waals surface area contributed by atoms with Crippen LogP contribution < -0.4 is 0 Å². The van der Waals surface area contributed by atoms with Crippen molar-refractivity contribution in [1.82, 2.24) is 14.8 Å². The summed E-state index contributed by atoms with van der Waals surface area (Å²) in [5, 5.41) is 11.7. The van der Waals surface area contributed by atoms with Crippen LogP contribution in [0.15, 0.2) is 54.6 Å². The monoisotopic (exact) mass is 471 g/mol. The molecule has 178 valence electrons. The molecule has 0 saturated heterocycles. The highest BCUT2D eigenvalue weighted by Gasteiger charge is 2.18. The molecule has 8 nitrogen and oxygen atoms in total. The van der Waals surface area contributed by atoms with E-state index in [0.29, 0.717) is 18.7 Å². The molecule has 5 rings (SSSR count). The molecule has 4 aromatic carbocycles. The van der Waals surface area contributed by atoms with Crippen molar-refractivity contribution in [2.45, 2.75) is 26.5 Å². The largest absolute Gasteiger partial charge is 0.463 e. The fraction of sp³-hybridized carbons (Fsp3) is 0.259. The molecule has 0 saturated carbocycles. The minimum atomic E-state index is -0.604. The lowest BCUT2D eigenvalue weighted by atomic mass is 9.91. The minimum absolute atomic E-state index is 0.0125. The molecule has 0 spiro atoms. The maximum atomic E-state index is 12.0. The van der Waals surface area contributed by atoms with Gasteiger partial charge in [-0.1, -0.05) is 54.6 Å². The Morgan fingerprint density at radius 3 is 2.34 bits per heavy atom. The molecule has 0 radical (unpaired) electrons. The Labute approximate surface area is 201 Å². The number of carbonyl (C=O) groups excluding carboxylic acids is 2. The first-order valence-corrected chi connectivity index (χ1v) is 11.4. The molecule has 0 aliphatic heterocycles. The second-order valence-electron chi connectivity index (χ2n) is 8.30. The molecule has 5 aromatic rings. The van der Waals surface area contributed by atoms with E-state index in [4.69, 9.17) is 14.2 Å². The number of hydrogen-bond acceptors (Lipinski definition) is 7.